The zero-order chi connectivity index (χ0) is 8.65. The molecule has 0 amide bonds. The number of carbonyl (C=O) groups is 1. The minimum Gasteiger partial charge on any atom is -0.295 e. The molecule has 0 fully saturated rings. The second-order valence-corrected chi connectivity index (χ2v) is 4.12. The highest BCUT2D eigenvalue weighted by molar-refractivity contribution is 5.91. The number of allylic oxidation sites excluding steroid dienone is 2. The molecule has 62 valence electrons. The van der Waals surface area contributed by atoms with Crippen LogP contribution >= 0.6 is 0 Å². The van der Waals surface area contributed by atoms with Crippen molar-refractivity contribution in [1.29, 1.82) is 0 Å². The lowest BCUT2D eigenvalue weighted by Gasteiger charge is -2.35. The average molecular weight is 152 g/mol. The third-order valence-corrected chi connectivity index (χ3v) is 3.13. The van der Waals surface area contributed by atoms with E-state index in [4.69, 9.17) is 0 Å². The van der Waals surface area contributed by atoms with Crippen LogP contribution in [-0.2, 0) is 4.79 Å². The summed E-state index contributed by atoms with van der Waals surface area (Å²) in [6.07, 6.45) is 2.50. The Hall–Kier alpha value is -0.590. The molecule has 1 aliphatic rings. The van der Waals surface area contributed by atoms with Crippen LogP contribution in [0.4, 0.5) is 0 Å². The first-order valence-corrected chi connectivity index (χ1v) is 4.16. The van der Waals surface area contributed by atoms with E-state index in [1.54, 1.807) is 6.08 Å². The molecule has 0 saturated heterocycles. The summed E-state index contributed by atoms with van der Waals surface area (Å²) in [7, 11) is 0. The van der Waals surface area contributed by atoms with Gasteiger partial charge in [-0.25, -0.2) is 0 Å². The van der Waals surface area contributed by atoms with Crippen LogP contribution in [0.5, 0.6) is 0 Å². The van der Waals surface area contributed by atoms with E-state index in [9.17, 15) is 4.79 Å². The molecule has 0 aromatic heterocycles. The quantitative estimate of drug-likeness (QED) is 0.521. The van der Waals surface area contributed by atoms with Gasteiger partial charge in [-0.3, -0.25) is 4.79 Å². The van der Waals surface area contributed by atoms with Gasteiger partial charge in [0.1, 0.15) is 0 Å². The smallest absolute Gasteiger partial charge is 0.155 e. The fourth-order valence-electron chi connectivity index (χ4n) is 1.43. The van der Waals surface area contributed by atoms with Crippen molar-refractivity contribution in [2.75, 3.05) is 0 Å². The highest BCUT2D eigenvalue weighted by Crippen LogP contribution is 2.39. The number of ketones is 1. The van der Waals surface area contributed by atoms with E-state index >= 15 is 0 Å². The lowest BCUT2D eigenvalue weighted by atomic mass is 9.69. The largest absolute Gasteiger partial charge is 0.295 e. The molecule has 0 aliphatic heterocycles. The normalized spacial score (nSPS) is 30.0. The van der Waals surface area contributed by atoms with Gasteiger partial charge in [0.25, 0.3) is 0 Å². The fraction of sp³-hybridized carbons (Fsp3) is 0.700. The molecular formula is C10H16O. The Labute approximate surface area is 68.5 Å². The maximum Gasteiger partial charge on any atom is 0.155 e. The van der Waals surface area contributed by atoms with Gasteiger partial charge in [-0.1, -0.05) is 26.3 Å². The third-order valence-electron chi connectivity index (χ3n) is 3.13. The van der Waals surface area contributed by atoms with Crippen molar-refractivity contribution in [2.45, 2.75) is 34.1 Å². The molecule has 0 bridgehead atoms. The van der Waals surface area contributed by atoms with Crippen LogP contribution in [0.3, 0.4) is 0 Å². The molecule has 1 rings (SSSR count). The van der Waals surface area contributed by atoms with Gasteiger partial charge in [-0.15, -0.1) is 0 Å². The summed E-state index contributed by atoms with van der Waals surface area (Å²) in [4.78, 5) is 11.1. The van der Waals surface area contributed by atoms with Crippen molar-refractivity contribution < 1.29 is 4.79 Å². The molecule has 0 N–H and O–H groups in total. The SMILES string of the molecule is CC1=CC(=O)C[C@H](C)C1(C)C. The molecule has 1 aliphatic carbocycles. The summed E-state index contributed by atoms with van der Waals surface area (Å²) >= 11 is 0. The van der Waals surface area contributed by atoms with Crippen molar-refractivity contribution >= 4 is 5.78 Å². The van der Waals surface area contributed by atoms with Gasteiger partial charge >= 0.3 is 0 Å². The molecule has 0 aromatic carbocycles. The highest BCUT2D eigenvalue weighted by atomic mass is 16.1. The topological polar surface area (TPSA) is 17.1 Å². The van der Waals surface area contributed by atoms with Crippen LogP contribution in [0.25, 0.3) is 0 Å². The monoisotopic (exact) mass is 152 g/mol. The molecule has 0 radical (unpaired) electrons. The molecule has 0 saturated carbocycles. The summed E-state index contributed by atoms with van der Waals surface area (Å²) in [5, 5.41) is 0. The van der Waals surface area contributed by atoms with Gasteiger partial charge in [-0.05, 0) is 24.3 Å². The second-order valence-electron chi connectivity index (χ2n) is 4.12. The van der Waals surface area contributed by atoms with Gasteiger partial charge in [0.15, 0.2) is 5.78 Å². The van der Waals surface area contributed by atoms with E-state index in [2.05, 4.69) is 20.8 Å². The van der Waals surface area contributed by atoms with Crippen LogP contribution in [-0.4, -0.2) is 5.78 Å². The van der Waals surface area contributed by atoms with E-state index in [0.717, 1.165) is 0 Å². The van der Waals surface area contributed by atoms with Crippen LogP contribution in [0.15, 0.2) is 11.6 Å². The number of rotatable bonds is 0. The molecule has 0 spiro atoms. The van der Waals surface area contributed by atoms with E-state index in [-0.39, 0.29) is 11.2 Å². The Morgan fingerprint density at radius 2 is 2.09 bits per heavy atom. The van der Waals surface area contributed by atoms with Gasteiger partial charge in [0, 0.05) is 6.42 Å². The minimum absolute atomic E-state index is 0.216. The molecule has 0 heterocycles. The molecule has 1 atom stereocenters. The van der Waals surface area contributed by atoms with Gasteiger partial charge in [0.2, 0.25) is 0 Å². The van der Waals surface area contributed by atoms with Crippen LogP contribution in [0.2, 0.25) is 0 Å². The van der Waals surface area contributed by atoms with Gasteiger partial charge in [0.05, 0.1) is 0 Å². The lowest BCUT2D eigenvalue weighted by molar-refractivity contribution is -0.116. The number of hydrogen-bond acceptors (Lipinski definition) is 1. The molecule has 1 nitrogen and oxygen atoms in total. The maximum atomic E-state index is 11.1. The zero-order valence-electron chi connectivity index (χ0n) is 7.77. The third kappa shape index (κ3) is 1.37. The van der Waals surface area contributed by atoms with E-state index in [1.165, 1.54) is 5.57 Å². The lowest BCUT2D eigenvalue weighted by Crippen LogP contribution is -2.29. The van der Waals surface area contributed by atoms with Crippen LogP contribution in [0.1, 0.15) is 34.1 Å². The first kappa shape index (κ1) is 8.51. The molecule has 0 aromatic rings. The fourth-order valence-corrected chi connectivity index (χ4v) is 1.43. The Kier molecular flexibility index (Phi) is 1.91. The Morgan fingerprint density at radius 1 is 1.55 bits per heavy atom. The molecule has 11 heavy (non-hydrogen) atoms. The maximum absolute atomic E-state index is 11.1. The molecule has 1 heteroatoms. The molecular weight excluding hydrogens is 136 g/mol. The highest BCUT2D eigenvalue weighted by Gasteiger charge is 2.32. The first-order valence-electron chi connectivity index (χ1n) is 4.16. The average Bonchev–Trinajstić information content (AvgIpc) is 1.84. The van der Waals surface area contributed by atoms with E-state index < -0.39 is 0 Å². The van der Waals surface area contributed by atoms with Crippen molar-refractivity contribution in [2.24, 2.45) is 11.3 Å². The van der Waals surface area contributed by atoms with Crippen molar-refractivity contribution in [3.63, 3.8) is 0 Å². The van der Waals surface area contributed by atoms with E-state index in [0.29, 0.717) is 12.3 Å². The second kappa shape index (κ2) is 2.47. The summed E-state index contributed by atoms with van der Waals surface area (Å²) in [6.45, 7) is 8.60. The predicted octanol–water partition coefficient (Wildman–Crippen LogP) is 2.57. The van der Waals surface area contributed by atoms with Crippen molar-refractivity contribution in [1.82, 2.24) is 0 Å². The van der Waals surface area contributed by atoms with Gasteiger partial charge < -0.3 is 0 Å². The minimum atomic E-state index is 0.216. The zero-order valence-corrected chi connectivity index (χ0v) is 7.77. The Morgan fingerprint density at radius 3 is 2.55 bits per heavy atom. The van der Waals surface area contributed by atoms with Crippen LogP contribution in [0, 0.1) is 11.3 Å². The van der Waals surface area contributed by atoms with Crippen molar-refractivity contribution in [3.8, 4) is 0 Å². The summed E-state index contributed by atoms with van der Waals surface area (Å²) in [5.74, 6) is 0.773. The number of carbonyl (C=O) groups excluding carboxylic acids is 1. The van der Waals surface area contributed by atoms with E-state index in [1.807, 2.05) is 6.92 Å². The molecule has 0 unspecified atom stereocenters. The standard InChI is InChI=1S/C10H16O/c1-7-5-9(11)6-8(2)10(7,3)4/h5,8H,6H2,1-4H3/t8-/m0/s1. The summed E-state index contributed by atoms with van der Waals surface area (Å²) in [6, 6.07) is 0. The first-order chi connectivity index (χ1) is 4.94. The summed E-state index contributed by atoms with van der Waals surface area (Å²) < 4.78 is 0. The Balaban J connectivity index is 2.99. The Bertz CT molecular complexity index is 211. The predicted molar refractivity (Wildman–Crippen MR) is 46.3 cm³/mol. The van der Waals surface area contributed by atoms with Crippen LogP contribution < -0.4 is 0 Å². The summed E-state index contributed by atoms with van der Waals surface area (Å²) in [5.41, 5.74) is 1.44. The van der Waals surface area contributed by atoms with Gasteiger partial charge in [-0.2, -0.15) is 0 Å². The number of hydrogen-bond donors (Lipinski definition) is 0. The van der Waals surface area contributed by atoms with Crippen molar-refractivity contribution in [3.05, 3.63) is 11.6 Å².